The van der Waals surface area contributed by atoms with Gasteiger partial charge in [0.05, 0.1) is 19.4 Å². The predicted octanol–water partition coefficient (Wildman–Crippen LogP) is 5.37. The number of piperidine rings is 1. The first kappa shape index (κ1) is 21.9. The Hall–Kier alpha value is -2.89. The lowest BCUT2D eigenvalue weighted by atomic mass is 9.87. The van der Waals surface area contributed by atoms with Crippen molar-refractivity contribution in [1.29, 1.82) is 0 Å². The topological polar surface area (TPSA) is 51.2 Å². The number of hydrogen-bond acceptors (Lipinski definition) is 5. The number of ether oxygens (including phenoxy) is 3. The molecule has 0 aromatic heterocycles. The van der Waals surface area contributed by atoms with Crippen molar-refractivity contribution in [3.05, 3.63) is 41.5 Å². The van der Waals surface area contributed by atoms with Gasteiger partial charge in [-0.05, 0) is 87.1 Å². The van der Waals surface area contributed by atoms with Gasteiger partial charge in [0.1, 0.15) is 17.1 Å². The van der Waals surface area contributed by atoms with Gasteiger partial charge in [-0.15, -0.1) is 0 Å². The van der Waals surface area contributed by atoms with Crippen molar-refractivity contribution in [3.63, 3.8) is 0 Å². The first-order chi connectivity index (χ1) is 15.7. The fourth-order valence-electron chi connectivity index (χ4n) is 5.54. The Bertz CT molecular complexity index is 1070. The van der Waals surface area contributed by atoms with Crippen molar-refractivity contribution in [2.45, 2.75) is 58.1 Å². The maximum absolute atomic E-state index is 12.8. The quantitative estimate of drug-likeness (QED) is 0.616. The molecule has 0 radical (unpaired) electrons. The van der Waals surface area contributed by atoms with E-state index in [4.69, 9.17) is 14.2 Å². The summed E-state index contributed by atoms with van der Waals surface area (Å²) in [4.78, 5) is 17.3. The third kappa shape index (κ3) is 4.00. The van der Waals surface area contributed by atoms with Crippen LogP contribution in [0, 0.1) is 6.92 Å². The summed E-state index contributed by atoms with van der Waals surface area (Å²) in [6.07, 6.45) is 1.73. The number of benzene rings is 2. The van der Waals surface area contributed by atoms with E-state index in [2.05, 4.69) is 36.1 Å². The predicted molar refractivity (Wildman–Crippen MR) is 130 cm³/mol. The molecule has 3 aliphatic rings. The van der Waals surface area contributed by atoms with Gasteiger partial charge >= 0.3 is 6.09 Å². The Morgan fingerprint density at radius 3 is 2.70 bits per heavy atom. The Kier molecular flexibility index (Phi) is 5.42. The minimum Gasteiger partial charge on any atom is -0.497 e. The number of carbonyl (C=O) groups is 1. The van der Waals surface area contributed by atoms with Gasteiger partial charge in [0.15, 0.2) is 0 Å². The summed E-state index contributed by atoms with van der Waals surface area (Å²) in [6, 6.07) is 11.1. The number of fused-ring (bicyclic) bond motifs is 3. The second-order valence-electron chi connectivity index (χ2n) is 10.4. The Balaban J connectivity index is 1.54. The van der Waals surface area contributed by atoms with Gasteiger partial charge in [-0.2, -0.15) is 0 Å². The molecule has 1 fully saturated rings. The fraction of sp³-hybridized carbons (Fsp3) is 0.519. The summed E-state index contributed by atoms with van der Waals surface area (Å²) < 4.78 is 17.4. The molecule has 3 aliphatic heterocycles. The molecule has 0 aliphatic carbocycles. The van der Waals surface area contributed by atoms with Crippen LogP contribution in [0.1, 0.15) is 50.7 Å². The lowest BCUT2D eigenvalue weighted by molar-refractivity contribution is 0.0189. The highest BCUT2D eigenvalue weighted by molar-refractivity contribution is 5.80. The number of carbonyl (C=O) groups excluding carboxylic acids is 1. The highest BCUT2D eigenvalue weighted by atomic mass is 16.6. The van der Waals surface area contributed by atoms with Crippen LogP contribution in [-0.4, -0.2) is 56.0 Å². The zero-order valence-electron chi connectivity index (χ0n) is 20.3. The number of aryl methyl sites for hydroxylation is 1. The van der Waals surface area contributed by atoms with E-state index in [1.165, 1.54) is 22.4 Å². The Morgan fingerprint density at radius 1 is 1.15 bits per heavy atom. The molecule has 3 heterocycles. The number of amides is 1. The number of hydrogen-bond donors (Lipinski definition) is 0. The number of anilines is 1. The minimum absolute atomic E-state index is 0.216. The van der Waals surface area contributed by atoms with Gasteiger partial charge in [-0.25, -0.2) is 4.79 Å². The second kappa shape index (κ2) is 8.15. The number of methoxy groups -OCH3 is 1. The third-order valence-corrected chi connectivity index (χ3v) is 6.96. The number of nitrogens with zero attached hydrogens (tertiary/aromatic N) is 2. The summed E-state index contributed by atoms with van der Waals surface area (Å²) in [5.41, 5.74) is 5.52. The molecule has 2 aromatic rings. The van der Waals surface area contributed by atoms with Crippen LogP contribution in [0.4, 0.5) is 10.5 Å². The van der Waals surface area contributed by atoms with E-state index in [1.807, 2.05) is 31.7 Å². The molecule has 0 unspecified atom stereocenters. The molecule has 6 heteroatoms. The van der Waals surface area contributed by atoms with Gasteiger partial charge in [-0.1, -0.05) is 6.07 Å². The molecule has 6 nitrogen and oxygen atoms in total. The van der Waals surface area contributed by atoms with Crippen molar-refractivity contribution >= 4 is 11.8 Å². The van der Waals surface area contributed by atoms with Crippen LogP contribution in [0.25, 0.3) is 11.1 Å². The maximum atomic E-state index is 12.8. The molecule has 5 rings (SSSR count). The average Bonchev–Trinajstić information content (AvgIpc) is 2.92. The molecule has 2 aromatic carbocycles. The van der Waals surface area contributed by atoms with Gasteiger partial charge in [-0.3, -0.25) is 0 Å². The molecule has 1 amide bonds. The van der Waals surface area contributed by atoms with E-state index in [-0.39, 0.29) is 12.0 Å². The molecule has 1 saturated heterocycles. The smallest absolute Gasteiger partial charge is 0.410 e. The normalized spacial score (nSPS) is 21.6. The molecule has 33 heavy (non-hydrogen) atoms. The average molecular weight is 451 g/mol. The van der Waals surface area contributed by atoms with Crippen LogP contribution in [0.15, 0.2) is 30.3 Å². The molecule has 0 spiro atoms. The SMILES string of the molecule is COc1ccc(-c2cc3c4c(c2)[C@@H]2CN(C(=O)OC(C)(C)C)CC[C@@H]2N4CCCO3)c(C)c1. The summed E-state index contributed by atoms with van der Waals surface area (Å²) >= 11 is 0. The Labute approximate surface area is 196 Å². The lowest BCUT2D eigenvalue weighted by Gasteiger charge is -2.39. The van der Waals surface area contributed by atoms with Crippen LogP contribution >= 0.6 is 0 Å². The standard InChI is InChI=1S/C27H34N2O4/c1-17-13-19(31-5)7-8-20(17)18-14-21-22-16-28(26(30)33-27(2,3)4)11-9-23(22)29-10-6-12-32-24(15-18)25(21)29/h7-8,13-15,22-23H,6,9-12,16H2,1-5H3/t22-,23-/m0/s1. The molecule has 2 atom stereocenters. The molecular weight excluding hydrogens is 416 g/mol. The maximum Gasteiger partial charge on any atom is 0.410 e. The number of likely N-dealkylation sites (tertiary alicyclic amines) is 1. The molecule has 176 valence electrons. The van der Waals surface area contributed by atoms with E-state index in [1.54, 1.807) is 7.11 Å². The summed E-state index contributed by atoms with van der Waals surface area (Å²) in [5.74, 6) is 2.08. The van der Waals surface area contributed by atoms with Gasteiger partial charge in [0.25, 0.3) is 0 Å². The lowest BCUT2D eigenvalue weighted by Crippen LogP contribution is -2.49. The second-order valence-corrected chi connectivity index (χ2v) is 10.4. The van der Waals surface area contributed by atoms with Crippen LogP contribution in [0.2, 0.25) is 0 Å². The van der Waals surface area contributed by atoms with E-state index in [0.29, 0.717) is 12.6 Å². The highest BCUT2D eigenvalue weighted by Crippen LogP contribution is 2.52. The van der Waals surface area contributed by atoms with E-state index < -0.39 is 5.60 Å². The molecule has 0 bridgehead atoms. The van der Waals surface area contributed by atoms with Crippen molar-refractivity contribution in [2.75, 3.05) is 38.3 Å². The van der Waals surface area contributed by atoms with Gasteiger partial charge in [0, 0.05) is 31.6 Å². The zero-order chi connectivity index (χ0) is 23.3. The van der Waals surface area contributed by atoms with Gasteiger partial charge in [0.2, 0.25) is 0 Å². The first-order valence-corrected chi connectivity index (χ1v) is 12.0. The molecule has 0 saturated carbocycles. The van der Waals surface area contributed by atoms with E-state index in [9.17, 15) is 4.79 Å². The molecule has 0 N–H and O–H groups in total. The zero-order valence-corrected chi connectivity index (χ0v) is 20.3. The van der Waals surface area contributed by atoms with Crippen LogP contribution in [0.3, 0.4) is 0 Å². The van der Waals surface area contributed by atoms with Gasteiger partial charge < -0.3 is 24.0 Å². The summed E-state index contributed by atoms with van der Waals surface area (Å²) in [5, 5.41) is 0. The van der Waals surface area contributed by atoms with Crippen molar-refractivity contribution in [3.8, 4) is 22.6 Å². The van der Waals surface area contributed by atoms with E-state index in [0.717, 1.165) is 49.6 Å². The van der Waals surface area contributed by atoms with Crippen LogP contribution in [-0.2, 0) is 4.74 Å². The van der Waals surface area contributed by atoms with Crippen molar-refractivity contribution < 1.29 is 19.0 Å². The van der Waals surface area contributed by atoms with E-state index >= 15 is 0 Å². The van der Waals surface area contributed by atoms with Crippen LogP contribution < -0.4 is 14.4 Å². The third-order valence-electron chi connectivity index (χ3n) is 6.96. The summed E-state index contributed by atoms with van der Waals surface area (Å²) in [6.45, 7) is 11.0. The Morgan fingerprint density at radius 2 is 1.97 bits per heavy atom. The minimum atomic E-state index is -0.492. The fourth-order valence-corrected chi connectivity index (χ4v) is 5.54. The largest absolute Gasteiger partial charge is 0.497 e. The first-order valence-electron chi connectivity index (χ1n) is 12.0. The van der Waals surface area contributed by atoms with Crippen molar-refractivity contribution in [1.82, 2.24) is 4.90 Å². The summed E-state index contributed by atoms with van der Waals surface area (Å²) in [7, 11) is 1.69. The van der Waals surface area contributed by atoms with Crippen molar-refractivity contribution in [2.24, 2.45) is 0 Å². The molecular formula is C27H34N2O4. The monoisotopic (exact) mass is 450 g/mol. The highest BCUT2D eigenvalue weighted by Gasteiger charge is 2.45. The number of rotatable bonds is 2. The van der Waals surface area contributed by atoms with Crippen LogP contribution in [0.5, 0.6) is 11.5 Å².